The predicted octanol–water partition coefficient (Wildman–Crippen LogP) is 5.61. The van der Waals surface area contributed by atoms with Crippen molar-refractivity contribution in [2.24, 2.45) is 0 Å². The molecule has 0 unspecified atom stereocenters. The van der Waals surface area contributed by atoms with E-state index >= 15 is 0 Å². The Kier molecular flexibility index (Phi) is 5.40. The van der Waals surface area contributed by atoms with Crippen molar-refractivity contribution in [1.82, 2.24) is 0 Å². The lowest BCUT2D eigenvalue weighted by atomic mass is 10.0. The highest BCUT2D eigenvalue weighted by Gasteiger charge is 2.06. The van der Waals surface area contributed by atoms with E-state index in [0.717, 1.165) is 11.1 Å². The van der Waals surface area contributed by atoms with Crippen LogP contribution in [-0.2, 0) is 6.61 Å². The molecular formula is C22H15F2NO. The summed E-state index contributed by atoms with van der Waals surface area (Å²) in [6, 6.07) is 21.4. The lowest BCUT2D eigenvalue weighted by Crippen LogP contribution is -1.95. The Morgan fingerprint density at radius 2 is 1.62 bits per heavy atom. The Balaban J connectivity index is 1.71. The summed E-state index contributed by atoms with van der Waals surface area (Å²) in [6.45, 7) is 0.328. The van der Waals surface area contributed by atoms with Crippen molar-refractivity contribution in [3.05, 3.63) is 101 Å². The van der Waals surface area contributed by atoms with E-state index in [1.807, 2.05) is 6.07 Å². The topological polar surface area (TPSA) is 33.0 Å². The second-order valence-corrected chi connectivity index (χ2v) is 5.63. The second kappa shape index (κ2) is 8.09. The third-order valence-electron chi connectivity index (χ3n) is 3.79. The number of nitrogens with zero attached hydrogens (tertiary/aromatic N) is 1. The lowest BCUT2D eigenvalue weighted by molar-refractivity contribution is 0.306. The van der Waals surface area contributed by atoms with E-state index in [1.54, 1.807) is 60.7 Å². The Labute approximate surface area is 150 Å². The van der Waals surface area contributed by atoms with Crippen LogP contribution >= 0.6 is 0 Å². The molecule has 0 aliphatic heterocycles. The SMILES string of the molecule is N#CC(=Cc1ccc(OCc2ccc(F)cc2)cc1)c1ccccc1F. The average molecular weight is 347 g/mol. The third kappa shape index (κ3) is 4.34. The van der Waals surface area contributed by atoms with Crippen LogP contribution in [0.4, 0.5) is 8.78 Å². The molecule has 0 saturated carbocycles. The Hall–Kier alpha value is -3.45. The lowest BCUT2D eigenvalue weighted by Gasteiger charge is -2.07. The molecular weight excluding hydrogens is 332 g/mol. The standard InChI is InChI=1S/C22H15F2NO/c23-19-9-5-17(6-10-19)15-26-20-11-7-16(8-12-20)13-18(14-25)21-3-1-2-4-22(21)24/h1-13H,15H2. The summed E-state index contributed by atoms with van der Waals surface area (Å²) in [6.07, 6.45) is 1.63. The molecule has 0 aromatic heterocycles. The highest BCUT2D eigenvalue weighted by molar-refractivity contribution is 5.89. The van der Waals surface area contributed by atoms with Crippen molar-refractivity contribution in [2.45, 2.75) is 6.61 Å². The zero-order chi connectivity index (χ0) is 18.4. The first-order valence-corrected chi connectivity index (χ1v) is 8.00. The van der Waals surface area contributed by atoms with Crippen molar-refractivity contribution < 1.29 is 13.5 Å². The van der Waals surface area contributed by atoms with Gasteiger partial charge in [-0.1, -0.05) is 42.5 Å². The fourth-order valence-electron chi connectivity index (χ4n) is 2.42. The molecule has 0 atom stereocenters. The molecule has 26 heavy (non-hydrogen) atoms. The van der Waals surface area contributed by atoms with Gasteiger partial charge in [0.15, 0.2) is 0 Å². The van der Waals surface area contributed by atoms with Crippen LogP contribution in [0.15, 0.2) is 72.8 Å². The minimum atomic E-state index is -0.431. The minimum Gasteiger partial charge on any atom is -0.489 e. The highest BCUT2D eigenvalue weighted by Crippen LogP contribution is 2.22. The van der Waals surface area contributed by atoms with Gasteiger partial charge in [0.2, 0.25) is 0 Å². The average Bonchev–Trinajstić information content (AvgIpc) is 2.67. The maximum atomic E-state index is 13.8. The van der Waals surface area contributed by atoms with Gasteiger partial charge in [-0.25, -0.2) is 8.78 Å². The maximum absolute atomic E-state index is 13.8. The van der Waals surface area contributed by atoms with Gasteiger partial charge in [0.05, 0.1) is 11.6 Å². The van der Waals surface area contributed by atoms with Gasteiger partial charge in [0.1, 0.15) is 24.0 Å². The van der Waals surface area contributed by atoms with E-state index in [-0.39, 0.29) is 17.0 Å². The number of hydrogen-bond acceptors (Lipinski definition) is 2. The molecule has 0 spiro atoms. The fraction of sp³-hybridized carbons (Fsp3) is 0.0455. The van der Waals surface area contributed by atoms with Gasteiger partial charge in [0, 0.05) is 5.56 Å². The van der Waals surface area contributed by atoms with Crippen LogP contribution < -0.4 is 4.74 Å². The molecule has 0 radical (unpaired) electrons. The molecule has 0 aliphatic carbocycles. The number of allylic oxidation sites excluding steroid dienone is 1. The van der Waals surface area contributed by atoms with Crippen molar-refractivity contribution in [3.8, 4) is 11.8 Å². The Bertz CT molecular complexity index is 955. The zero-order valence-corrected chi connectivity index (χ0v) is 13.8. The number of hydrogen-bond donors (Lipinski definition) is 0. The van der Waals surface area contributed by atoms with Gasteiger partial charge in [-0.05, 0) is 47.5 Å². The van der Waals surface area contributed by atoms with Gasteiger partial charge in [0.25, 0.3) is 0 Å². The molecule has 2 nitrogen and oxygen atoms in total. The smallest absolute Gasteiger partial charge is 0.131 e. The van der Waals surface area contributed by atoms with Crippen molar-refractivity contribution >= 4 is 11.6 Å². The molecule has 0 aliphatic rings. The zero-order valence-electron chi connectivity index (χ0n) is 13.8. The molecule has 0 N–H and O–H groups in total. The normalized spacial score (nSPS) is 11.0. The molecule has 4 heteroatoms. The summed E-state index contributed by atoms with van der Waals surface area (Å²) in [5.41, 5.74) is 2.15. The molecule has 128 valence electrons. The molecule has 3 rings (SSSR count). The first kappa shape index (κ1) is 17.4. The van der Waals surface area contributed by atoms with Crippen LogP contribution in [0.25, 0.3) is 11.6 Å². The molecule has 0 heterocycles. The van der Waals surface area contributed by atoms with E-state index < -0.39 is 5.82 Å². The van der Waals surface area contributed by atoms with Crippen molar-refractivity contribution in [1.29, 1.82) is 5.26 Å². The summed E-state index contributed by atoms with van der Waals surface area (Å²) in [7, 11) is 0. The number of nitriles is 1. The quantitative estimate of drug-likeness (QED) is 0.444. The second-order valence-electron chi connectivity index (χ2n) is 5.63. The molecule has 0 saturated heterocycles. The highest BCUT2D eigenvalue weighted by atomic mass is 19.1. The van der Waals surface area contributed by atoms with Crippen LogP contribution in [0, 0.1) is 23.0 Å². The van der Waals surface area contributed by atoms with Crippen molar-refractivity contribution in [3.63, 3.8) is 0 Å². The van der Waals surface area contributed by atoms with E-state index in [1.165, 1.54) is 18.2 Å². The maximum Gasteiger partial charge on any atom is 0.131 e. The van der Waals surface area contributed by atoms with Crippen LogP contribution in [0.2, 0.25) is 0 Å². The van der Waals surface area contributed by atoms with E-state index in [2.05, 4.69) is 0 Å². The fourth-order valence-corrected chi connectivity index (χ4v) is 2.42. The molecule has 0 fully saturated rings. The predicted molar refractivity (Wildman–Crippen MR) is 97.1 cm³/mol. The van der Waals surface area contributed by atoms with Gasteiger partial charge < -0.3 is 4.74 Å². The largest absolute Gasteiger partial charge is 0.489 e. The summed E-state index contributed by atoms with van der Waals surface area (Å²) in [4.78, 5) is 0. The number of rotatable bonds is 5. The summed E-state index contributed by atoms with van der Waals surface area (Å²) < 4.78 is 32.4. The molecule has 3 aromatic carbocycles. The van der Waals surface area contributed by atoms with Crippen molar-refractivity contribution in [2.75, 3.05) is 0 Å². The number of halogens is 2. The monoisotopic (exact) mass is 347 g/mol. The molecule has 3 aromatic rings. The van der Waals surface area contributed by atoms with E-state index in [9.17, 15) is 14.0 Å². The first-order valence-electron chi connectivity index (χ1n) is 8.00. The van der Waals surface area contributed by atoms with Crippen LogP contribution in [-0.4, -0.2) is 0 Å². The number of ether oxygens (including phenoxy) is 1. The third-order valence-corrected chi connectivity index (χ3v) is 3.79. The Morgan fingerprint density at radius 3 is 2.27 bits per heavy atom. The number of benzene rings is 3. The van der Waals surface area contributed by atoms with Gasteiger partial charge >= 0.3 is 0 Å². The minimum absolute atomic E-state index is 0.253. The van der Waals surface area contributed by atoms with Crippen LogP contribution in [0.3, 0.4) is 0 Å². The van der Waals surface area contributed by atoms with Gasteiger partial charge in [-0.15, -0.1) is 0 Å². The first-order chi connectivity index (χ1) is 12.7. The summed E-state index contributed by atoms with van der Waals surface area (Å²) >= 11 is 0. The van der Waals surface area contributed by atoms with E-state index in [0.29, 0.717) is 12.4 Å². The Morgan fingerprint density at radius 1 is 0.923 bits per heavy atom. The van der Waals surface area contributed by atoms with Crippen LogP contribution in [0.1, 0.15) is 16.7 Å². The van der Waals surface area contributed by atoms with Crippen LogP contribution in [0.5, 0.6) is 5.75 Å². The molecule has 0 amide bonds. The van der Waals surface area contributed by atoms with Gasteiger partial charge in [-0.2, -0.15) is 5.26 Å². The van der Waals surface area contributed by atoms with E-state index in [4.69, 9.17) is 4.74 Å². The van der Waals surface area contributed by atoms with Gasteiger partial charge in [-0.3, -0.25) is 0 Å². The summed E-state index contributed by atoms with van der Waals surface area (Å²) in [5, 5.41) is 9.31. The summed E-state index contributed by atoms with van der Waals surface area (Å²) in [5.74, 6) is -0.0662. The molecule has 0 bridgehead atoms.